The van der Waals surface area contributed by atoms with Gasteiger partial charge in [0.05, 0.1) is 31.1 Å². The van der Waals surface area contributed by atoms with Gasteiger partial charge < -0.3 is 19.8 Å². The Bertz CT molecular complexity index is 1080. The molecule has 7 nitrogen and oxygen atoms in total. The SMILES string of the molecule is CC(=O)Nc1ccc(CN2CCOC[C@H]2c2ncc(-c3ccc(OC(F)(F)F)cc3)[nH]2)cc1. The van der Waals surface area contributed by atoms with Crippen LogP contribution in [0.4, 0.5) is 18.9 Å². The minimum absolute atomic E-state index is 0.102. The third-order valence-electron chi connectivity index (χ3n) is 5.21. The van der Waals surface area contributed by atoms with Crippen LogP contribution in [0.1, 0.15) is 24.4 Å². The van der Waals surface area contributed by atoms with Crippen LogP contribution in [0.2, 0.25) is 0 Å². The zero-order chi connectivity index (χ0) is 23.4. The van der Waals surface area contributed by atoms with Gasteiger partial charge in [0.2, 0.25) is 5.91 Å². The summed E-state index contributed by atoms with van der Waals surface area (Å²) >= 11 is 0. The van der Waals surface area contributed by atoms with Gasteiger partial charge in [0.15, 0.2) is 0 Å². The summed E-state index contributed by atoms with van der Waals surface area (Å²) in [4.78, 5) is 21.2. The molecule has 1 aliphatic rings. The number of alkyl halides is 3. The van der Waals surface area contributed by atoms with Crippen molar-refractivity contribution in [3.05, 3.63) is 66.1 Å². The van der Waals surface area contributed by atoms with Crippen LogP contribution in [0, 0.1) is 0 Å². The Labute approximate surface area is 188 Å². The summed E-state index contributed by atoms with van der Waals surface area (Å²) < 4.78 is 46.7. The molecule has 174 valence electrons. The number of anilines is 1. The summed E-state index contributed by atoms with van der Waals surface area (Å²) in [5.74, 6) is 0.324. The summed E-state index contributed by atoms with van der Waals surface area (Å²) in [5.41, 5.74) is 3.21. The molecule has 10 heteroatoms. The van der Waals surface area contributed by atoms with Crippen molar-refractivity contribution >= 4 is 11.6 Å². The van der Waals surface area contributed by atoms with E-state index in [1.54, 1.807) is 18.3 Å². The number of rotatable bonds is 6. The van der Waals surface area contributed by atoms with Gasteiger partial charge in [-0.3, -0.25) is 9.69 Å². The Kier molecular flexibility index (Phi) is 6.66. The fraction of sp³-hybridized carbons (Fsp3) is 0.304. The number of carbonyl (C=O) groups is 1. The molecule has 1 saturated heterocycles. The summed E-state index contributed by atoms with van der Waals surface area (Å²) in [5, 5.41) is 2.75. The minimum Gasteiger partial charge on any atom is -0.406 e. The van der Waals surface area contributed by atoms with Gasteiger partial charge in [0.25, 0.3) is 0 Å². The zero-order valence-corrected chi connectivity index (χ0v) is 17.9. The van der Waals surface area contributed by atoms with Gasteiger partial charge in [-0.1, -0.05) is 12.1 Å². The second kappa shape index (κ2) is 9.63. The van der Waals surface area contributed by atoms with Crippen molar-refractivity contribution in [3.63, 3.8) is 0 Å². The highest BCUT2D eigenvalue weighted by molar-refractivity contribution is 5.88. The predicted molar refractivity (Wildman–Crippen MR) is 115 cm³/mol. The van der Waals surface area contributed by atoms with E-state index in [-0.39, 0.29) is 17.7 Å². The molecule has 0 saturated carbocycles. The summed E-state index contributed by atoms with van der Waals surface area (Å²) in [6.45, 7) is 3.93. The fourth-order valence-electron chi connectivity index (χ4n) is 3.70. The van der Waals surface area contributed by atoms with Gasteiger partial charge in [-0.25, -0.2) is 4.98 Å². The number of hydrogen-bond acceptors (Lipinski definition) is 5. The van der Waals surface area contributed by atoms with Crippen molar-refractivity contribution in [1.29, 1.82) is 0 Å². The molecule has 4 rings (SSSR count). The van der Waals surface area contributed by atoms with Crippen LogP contribution in [-0.4, -0.2) is 46.9 Å². The summed E-state index contributed by atoms with van der Waals surface area (Å²) in [6, 6.07) is 13.2. The quantitative estimate of drug-likeness (QED) is 0.566. The largest absolute Gasteiger partial charge is 0.573 e. The van der Waals surface area contributed by atoms with E-state index in [9.17, 15) is 18.0 Å². The van der Waals surface area contributed by atoms with E-state index in [0.29, 0.717) is 31.0 Å². The van der Waals surface area contributed by atoms with E-state index >= 15 is 0 Å². The molecule has 2 N–H and O–H groups in total. The molecule has 2 aromatic carbocycles. The first kappa shape index (κ1) is 22.8. The monoisotopic (exact) mass is 460 g/mol. The highest BCUT2D eigenvalue weighted by Gasteiger charge is 2.31. The molecular formula is C23H23F3N4O3. The fourth-order valence-corrected chi connectivity index (χ4v) is 3.70. The lowest BCUT2D eigenvalue weighted by Gasteiger charge is -2.34. The van der Waals surface area contributed by atoms with Crippen LogP contribution in [0.5, 0.6) is 5.75 Å². The second-order valence-electron chi connectivity index (χ2n) is 7.69. The number of nitrogens with one attached hydrogen (secondary N) is 2. The summed E-state index contributed by atoms with van der Waals surface area (Å²) in [7, 11) is 0. The molecule has 2 heterocycles. The van der Waals surface area contributed by atoms with Crippen molar-refractivity contribution in [3.8, 4) is 17.0 Å². The van der Waals surface area contributed by atoms with E-state index in [0.717, 1.165) is 23.6 Å². The van der Waals surface area contributed by atoms with Crippen LogP contribution in [0.3, 0.4) is 0 Å². The summed E-state index contributed by atoms with van der Waals surface area (Å²) in [6.07, 6.45) is -3.07. The number of aromatic nitrogens is 2. The maximum Gasteiger partial charge on any atom is 0.573 e. The van der Waals surface area contributed by atoms with Crippen molar-refractivity contribution in [2.75, 3.05) is 25.1 Å². The topological polar surface area (TPSA) is 79.5 Å². The van der Waals surface area contributed by atoms with Crippen LogP contribution in [0.15, 0.2) is 54.7 Å². The smallest absolute Gasteiger partial charge is 0.406 e. The number of carbonyl (C=O) groups excluding carboxylic acids is 1. The first-order valence-electron chi connectivity index (χ1n) is 10.4. The molecule has 0 spiro atoms. The molecule has 0 aliphatic carbocycles. The van der Waals surface area contributed by atoms with Crippen molar-refractivity contribution < 1.29 is 27.4 Å². The third-order valence-corrected chi connectivity index (χ3v) is 5.21. The molecule has 0 radical (unpaired) electrons. The maximum absolute atomic E-state index is 12.4. The Morgan fingerprint density at radius 3 is 2.61 bits per heavy atom. The Hall–Kier alpha value is -3.37. The molecule has 0 unspecified atom stereocenters. The second-order valence-corrected chi connectivity index (χ2v) is 7.69. The van der Waals surface area contributed by atoms with Gasteiger partial charge in [0, 0.05) is 25.7 Å². The van der Waals surface area contributed by atoms with Gasteiger partial charge in [-0.15, -0.1) is 13.2 Å². The molecule has 1 amide bonds. The Morgan fingerprint density at radius 2 is 1.94 bits per heavy atom. The number of H-pyrrole nitrogens is 1. The van der Waals surface area contributed by atoms with Gasteiger partial charge in [-0.2, -0.15) is 0 Å². The number of nitrogens with zero attached hydrogens (tertiary/aromatic N) is 2. The number of amides is 1. The average Bonchev–Trinajstić information content (AvgIpc) is 3.25. The van der Waals surface area contributed by atoms with Crippen molar-refractivity contribution in [2.24, 2.45) is 0 Å². The third kappa shape index (κ3) is 6.11. The van der Waals surface area contributed by atoms with Gasteiger partial charge in [0.1, 0.15) is 11.6 Å². The first-order valence-corrected chi connectivity index (χ1v) is 10.4. The van der Waals surface area contributed by atoms with Crippen LogP contribution in [0.25, 0.3) is 11.3 Å². The number of imidazole rings is 1. The minimum atomic E-state index is -4.72. The number of ether oxygens (including phenoxy) is 2. The Morgan fingerprint density at radius 1 is 1.21 bits per heavy atom. The average molecular weight is 460 g/mol. The number of hydrogen-bond donors (Lipinski definition) is 2. The lowest BCUT2D eigenvalue weighted by atomic mass is 10.1. The molecule has 33 heavy (non-hydrogen) atoms. The number of halogens is 3. The predicted octanol–water partition coefficient (Wildman–Crippen LogP) is 4.51. The van der Waals surface area contributed by atoms with Crippen LogP contribution in [-0.2, 0) is 16.1 Å². The van der Waals surface area contributed by atoms with E-state index < -0.39 is 6.36 Å². The van der Waals surface area contributed by atoms with E-state index in [4.69, 9.17) is 4.74 Å². The van der Waals surface area contributed by atoms with Crippen LogP contribution >= 0.6 is 0 Å². The van der Waals surface area contributed by atoms with Crippen molar-refractivity contribution in [1.82, 2.24) is 14.9 Å². The van der Waals surface area contributed by atoms with E-state index in [1.807, 2.05) is 24.3 Å². The van der Waals surface area contributed by atoms with Crippen molar-refractivity contribution in [2.45, 2.75) is 25.9 Å². The molecule has 1 aromatic heterocycles. The van der Waals surface area contributed by atoms with Gasteiger partial charge in [-0.05, 0) is 47.5 Å². The molecular weight excluding hydrogens is 437 g/mol. The molecule has 3 aromatic rings. The van der Waals surface area contributed by atoms with Crippen LogP contribution < -0.4 is 10.1 Å². The normalized spacial score (nSPS) is 17.0. The van der Waals surface area contributed by atoms with Gasteiger partial charge >= 0.3 is 6.36 Å². The maximum atomic E-state index is 12.4. The molecule has 1 atom stereocenters. The molecule has 0 bridgehead atoms. The lowest BCUT2D eigenvalue weighted by Crippen LogP contribution is -2.39. The van der Waals surface area contributed by atoms with E-state index in [1.165, 1.54) is 19.1 Å². The number of aromatic amines is 1. The lowest BCUT2D eigenvalue weighted by molar-refractivity contribution is -0.274. The zero-order valence-electron chi connectivity index (χ0n) is 17.9. The highest BCUT2D eigenvalue weighted by atomic mass is 19.4. The molecule has 1 fully saturated rings. The Balaban J connectivity index is 1.46. The number of benzene rings is 2. The number of morpholine rings is 1. The van der Waals surface area contributed by atoms with E-state index in [2.05, 4.69) is 24.9 Å². The standard InChI is InChI=1S/C23H23F3N4O3/c1-15(31)28-18-6-2-16(3-7-18)13-30-10-11-32-14-21(30)22-27-12-20(29-22)17-4-8-19(9-5-17)33-23(24,25)26/h2-9,12,21H,10-11,13-14H2,1H3,(H,27,29)(H,28,31)/t21-/m0/s1. The molecule has 1 aliphatic heterocycles. The first-order chi connectivity index (χ1) is 15.8. The highest BCUT2D eigenvalue weighted by Crippen LogP contribution is 2.29.